The van der Waals surface area contributed by atoms with Crippen LogP contribution in [0.5, 0.6) is 0 Å². The third-order valence-corrected chi connectivity index (χ3v) is 3.03. The van der Waals surface area contributed by atoms with Gasteiger partial charge in [0, 0.05) is 17.3 Å². The van der Waals surface area contributed by atoms with Crippen molar-refractivity contribution in [3.8, 4) is 0 Å². The number of primary amides is 1. The van der Waals surface area contributed by atoms with Crippen molar-refractivity contribution in [3.05, 3.63) is 35.9 Å². The highest BCUT2D eigenvalue weighted by atomic mass is 16.4. The molecule has 2 rings (SSSR count). The van der Waals surface area contributed by atoms with Crippen LogP contribution in [0.3, 0.4) is 0 Å². The van der Waals surface area contributed by atoms with Gasteiger partial charge in [-0.3, -0.25) is 4.79 Å². The lowest BCUT2D eigenvalue weighted by molar-refractivity contribution is -0.118. The number of rotatable bonds is 5. The number of amides is 1. The number of benzene rings is 1. The van der Waals surface area contributed by atoms with Crippen molar-refractivity contribution in [2.24, 2.45) is 5.73 Å². The van der Waals surface area contributed by atoms with Crippen LogP contribution in [0, 0.1) is 0 Å². The van der Waals surface area contributed by atoms with Crippen LogP contribution < -0.4 is 11.1 Å². The Hall–Kier alpha value is -2.63. The summed E-state index contributed by atoms with van der Waals surface area (Å²) in [5, 5.41) is 13.0. The molecule has 0 aliphatic heterocycles. The number of nitrogens with two attached hydrogens (primary N) is 1. The first-order valence-corrected chi connectivity index (χ1v) is 6.48. The normalized spacial score (nSPS) is 11.3. The van der Waals surface area contributed by atoms with Crippen molar-refractivity contribution in [1.82, 2.24) is 4.98 Å². The molecule has 21 heavy (non-hydrogen) atoms. The Labute approximate surface area is 122 Å². The number of aromatic carboxylic acids is 1. The van der Waals surface area contributed by atoms with Gasteiger partial charge in [0.2, 0.25) is 5.91 Å². The standard InChI is InChI=1S/C15H17N3O3/c1-15(2,8-12(16)19)18-13-7-10(14(20)21)9-5-3-4-6-11(9)17-13/h3-7H,8H2,1-2H3,(H2,16,19)(H,17,18)(H,20,21). The number of pyridine rings is 1. The van der Waals surface area contributed by atoms with Crippen molar-refractivity contribution in [2.75, 3.05) is 5.32 Å². The van der Waals surface area contributed by atoms with E-state index in [0.29, 0.717) is 16.7 Å². The number of hydrogen-bond donors (Lipinski definition) is 3. The van der Waals surface area contributed by atoms with E-state index in [1.807, 2.05) is 0 Å². The molecule has 0 aliphatic carbocycles. The zero-order valence-electron chi connectivity index (χ0n) is 11.9. The number of nitrogens with zero attached hydrogens (tertiary/aromatic N) is 1. The van der Waals surface area contributed by atoms with E-state index in [4.69, 9.17) is 5.73 Å². The monoisotopic (exact) mass is 287 g/mol. The summed E-state index contributed by atoms with van der Waals surface area (Å²) in [4.78, 5) is 26.8. The van der Waals surface area contributed by atoms with Gasteiger partial charge in [0.1, 0.15) is 5.82 Å². The van der Waals surface area contributed by atoms with E-state index in [0.717, 1.165) is 0 Å². The molecule has 110 valence electrons. The third-order valence-electron chi connectivity index (χ3n) is 3.03. The Morgan fingerprint density at radius 2 is 2.00 bits per heavy atom. The molecule has 0 fully saturated rings. The zero-order chi connectivity index (χ0) is 15.6. The van der Waals surface area contributed by atoms with Crippen molar-refractivity contribution >= 4 is 28.6 Å². The molecule has 1 amide bonds. The molecule has 0 aliphatic rings. The molecule has 6 heteroatoms. The number of aromatic nitrogens is 1. The van der Waals surface area contributed by atoms with Gasteiger partial charge >= 0.3 is 5.97 Å². The third kappa shape index (κ3) is 3.47. The lowest BCUT2D eigenvalue weighted by Gasteiger charge is -2.25. The SMILES string of the molecule is CC(C)(CC(N)=O)Nc1cc(C(=O)O)c2ccccc2n1. The van der Waals surface area contributed by atoms with Crippen molar-refractivity contribution < 1.29 is 14.7 Å². The maximum Gasteiger partial charge on any atom is 0.336 e. The molecule has 1 heterocycles. The van der Waals surface area contributed by atoms with Gasteiger partial charge in [-0.1, -0.05) is 18.2 Å². The molecular weight excluding hydrogens is 270 g/mol. The van der Waals surface area contributed by atoms with Crippen LogP contribution >= 0.6 is 0 Å². The number of hydrogen-bond acceptors (Lipinski definition) is 4. The highest BCUT2D eigenvalue weighted by Crippen LogP contribution is 2.23. The van der Waals surface area contributed by atoms with Gasteiger partial charge in [-0.2, -0.15) is 0 Å². The van der Waals surface area contributed by atoms with E-state index < -0.39 is 17.4 Å². The quantitative estimate of drug-likeness (QED) is 0.780. The summed E-state index contributed by atoms with van der Waals surface area (Å²) in [5.41, 5.74) is 5.34. The number of carbonyl (C=O) groups is 2. The predicted molar refractivity (Wildman–Crippen MR) is 80.2 cm³/mol. The summed E-state index contributed by atoms with van der Waals surface area (Å²) in [6.07, 6.45) is 0.115. The van der Waals surface area contributed by atoms with Crippen molar-refractivity contribution in [3.63, 3.8) is 0 Å². The van der Waals surface area contributed by atoms with Gasteiger partial charge in [0.05, 0.1) is 11.1 Å². The van der Waals surface area contributed by atoms with E-state index in [2.05, 4.69) is 10.3 Å². The second-order valence-corrected chi connectivity index (χ2v) is 5.53. The highest BCUT2D eigenvalue weighted by Gasteiger charge is 2.22. The van der Waals surface area contributed by atoms with Gasteiger partial charge in [0.15, 0.2) is 0 Å². The fourth-order valence-corrected chi connectivity index (χ4v) is 2.24. The summed E-state index contributed by atoms with van der Waals surface area (Å²) >= 11 is 0. The molecule has 1 aromatic heterocycles. The number of para-hydroxylation sites is 1. The van der Waals surface area contributed by atoms with Crippen LogP contribution in [0.4, 0.5) is 5.82 Å². The lowest BCUT2D eigenvalue weighted by atomic mass is 10.00. The average Bonchev–Trinajstić information content (AvgIpc) is 2.35. The van der Waals surface area contributed by atoms with E-state index >= 15 is 0 Å². The second-order valence-electron chi connectivity index (χ2n) is 5.53. The first kappa shape index (κ1) is 14.8. The molecule has 0 saturated heterocycles. The fourth-order valence-electron chi connectivity index (χ4n) is 2.24. The van der Waals surface area contributed by atoms with Crippen LogP contribution in [0.25, 0.3) is 10.9 Å². The van der Waals surface area contributed by atoms with Gasteiger partial charge in [0.25, 0.3) is 0 Å². The van der Waals surface area contributed by atoms with Crippen LogP contribution in [0.2, 0.25) is 0 Å². The Morgan fingerprint density at radius 3 is 2.62 bits per heavy atom. The molecule has 1 aromatic carbocycles. The van der Waals surface area contributed by atoms with Crippen LogP contribution in [0.15, 0.2) is 30.3 Å². The topological polar surface area (TPSA) is 105 Å². The number of anilines is 1. The summed E-state index contributed by atoms with van der Waals surface area (Å²) in [6.45, 7) is 3.60. The predicted octanol–water partition coefficient (Wildman–Crippen LogP) is 2.00. The summed E-state index contributed by atoms with van der Waals surface area (Å²) in [5.74, 6) is -1.06. The molecule has 0 radical (unpaired) electrons. The van der Waals surface area contributed by atoms with E-state index in [-0.39, 0.29) is 12.0 Å². The smallest absolute Gasteiger partial charge is 0.336 e. The minimum Gasteiger partial charge on any atom is -0.478 e. The first-order valence-electron chi connectivity index (χ1n) is 6.48. The maximum atomic E-state index is 11.4. The molecule has 2 aromatic rings. The molecule has 0 saturated carbocycles. The summed E-state index contributed by atoms with van der Waals surface area (Å²) in [7, 11) is 0. The number of nitrogens with one attached hydrogen (secondary N) is 1. The van der Waals surface area contributed by atoms with Gasteiger partial charge in [-0.25, -0.2) is 9.78 Å². The molecule has 0 unspecified atom stereocenters. The largest absolute Gasteiger partial charge is 0.478 e. The molecule has 4 N–H and O–H groups in total. The lowest BCUT2D eigenvalue weighted by Crippen LogP contribution is -2.36. The second kappa shape index (κ2) is 5.40. The van der Waals surface area contributed by atoms with Crippen molar-refractivity contribution in [2.45, 2.75) is 25.8 Å². The van der Waals surface area contributed by atoms with E-state index in [9.17, 15) is 14.7 Å². The Balaban J connectivity index is 2.46. The van der Waals surface area contributed by atoms with Gasteiger partial charge < -0.3 is 16.2 Å². The molecule has 0 bridgehead atoms. The number of carboxylic acid groups (broad SMARTS) is 1. The summed E-state index contributed by atoms with van der Waals surface area (Å²) < 4.78 is 0. The molecule has 0 spiro atoms. The van der Waals surface area contributed by atoms with E-state index in [1.54, 1.807) is 38.1 Å². The van der Waals surface area contributed by atoms with Crippen molar-refractivity contribution in [1.29, 1.82) is 0 Å². The van der Waals surface area contributed by atoms with Crippen LogP contribution in [-0.4, -0.2) is 27.5 Å². The average molecular weight is 287 g/mol. The Kier molecular flexibility index (Phi) is 3.80. The van der Waals surface area contributed by atoms with Gasteiger partial charge in [-0.05, 0) is 26.0 Å². The van der Waals surface area contributed by atoms with Gasteiger partial charge in [-0.15, -0.1) is 0 Å². The highest BCUT2D eigenvalue weighted by molar-refractivity contribution is 6.03. The Bertz CT molecular complexity index is 710. The molecule has 6 nitrogen and oxygen atoms in total. The summed E-state index contributed by atoms with van der Waals surface area (Å²) in [6, 6.07) is 8.48. The first-order chi connectivity index (χ1) is 9.78. The number of carboxylic acids is 1. The Morgan fingerprint density at radius 1 is 1.33 bits per heavy atom. The minimum atomic E-state index is -1.02. The molecular formula is C15H17N3O3. The fraction of sp³-hybridized carbons (Fsp3) is 0.267. The maximum absolute atomic E-state index is 11.4. The zero-order valence-corrected chi connectivity index (χ0v) is 11.9. The van der Waals surface area contributed by atoms with Crippen LogP contribution in [-0.2, 0) is 4.79 Å². The van der Waals surface area contributed by atoms with Crippen LogP contribution in [0.1, 0.15) is 30.6 Å². The molecule has 0 atom stereocenters. The number of fused-ring (bicyclic) bond motifs is 1. The number of carbonyl (C=O) groups excluding carboxylic acids is 1. The van der Waals surface area contributed by atoms with E-state index in [1.165, 1.54) is 6.07 Å². The minimum absolute atomic E-state index is 0.115.